The van der Waals surface area contributed by atoms with Crippen LogP contribution in [0.1, 0.15) is 39.3 Å². The van der Waals surface area contributed by atoms with Gasteiger partial charge in [-0.05, 0) is 50.6 Å². The number of fused-ring (bicyclic) bond motifs is 2. The van der Waals surface area contributed by atoms with Crippen LogP contribution in [0.4, 0.5) is 4.79 Å². The number of rotatable bonds is 4. The average Bonchev–Trinajstić information content (AvgIpc) is 3.22. The Balaban J connectivity index is 1.44. The molecule has 0 bridgehead atoms. The maximum atomic E-state index is 13.5. The van der Waals surface area contributed by atoms with E-state index in [-0.39, 0.29) is 12.3 Å². The van der Waals surface area contributed by atoms with Gasteiger partial charge in [0.25, 0.3) is 5.91 Å². The third-order valence-corrected chi connectivity index (χ3v) is 6.55. The molecular formula is C26H25N3O4. The smallest absolute Gasteiger partial charge is 0.325 e. The van der Waals surface area contributed by atoms with Crippen LogP contribution in [0, 0.1) is 20.8 Å². The van der Waals surface area contributed by atoms with Gasteiger partial charge in [0.15, 0.2) is 11.3 Å². The van der Waals surface area contributed by atoms with Crippen molar-refractivity contribution in [2.75, 3.05) is 13.2 Å². The minimum Gasteiger partial charge on any atom is -0.493 e. The maximum Gasteiger partial charge on any atom is 0.325 e. The van der Waals surface area contributed by atoms with Crippen molar-refractivity contribution < 1.29 is 19.1 Å². The second kappa shape index (κ2) is 7.62. The first-order chi connectivity index (χ1) is 15.8. The Morgan fingerprint density at radius 3 is 2.64 bits per heavy atom. The number of carbonyl (C=O) groups is 3. The van der Waals surface area contributed by atoms with Gasteiger partial charge in [0.1, 0.15) is 5.75 Å². The van der Waals surface area contributed by atoms with Gasteiger partial charge in [-0.2, -0.15) is 0 Å². The number of aryl methyl sites for hydroxylation is 2. The molecule has 3 aromatic rings. The van der Waals surface area contributed by atoms with Crippen LogP contribution in [0.3, 0.4) is 0 Å². The van der Waals surface area contributed by atoms with Crippen molar-refractivity contribution >= 4 is 17.7 Å². The normalized spacial score (nSPS) is 19.4. The zero-order chi connectivity index (χ0) is 23.3. The third kappa shape index (κ3) is 3.23. The number of Topliss-reactive ketones (excluding diaryl/α,β-unsaturated/α-hetero) is 1. The number of hydrogen-bond donors (Lipinski definition) is 1. The molecule has 0 aliphatic carbocycles. The van der Waals surface area contributed by atoms with Crippen molar-refractivity contribution in [2.24, 2.45) is 0 Å². The van der Waals surface area contributed by atoms with Gasteiger partial charge in [0.05, 0.1) is 13.2 Å². The van der Waals surface area contributed by atoms with E-state index in [0.29, 0.717) is 29.9 Å². The maximum absolute atomic E-state index is 13.5. The van der Waals surface area contributed by atoms with E-state index < -0.39 is 17.5 Å². The lowest BCUT2D eigenvalue weighted by Crippen LogP contribution is -2.47. The molecule has 3 heterocycles. The number of ether oxygens (including phenoxy) is 1. The van der Waals surface area contributed by atoms with Crippen molar-refractivity contribution in [3.63, 3.8) is 0 Å². The van der Waals surface area contributed by atoms with Gasteiger partial charge >= 0.3 is 6.03 Å². The molecule has 0 saturated carbocycles. The van der Waals surface area contributed by atoms with Gasteiger partial charge in [-0.25, -0.2) is 4.79 Å². The van der Waals surface area contributed by atoms with Gasteiger partial charge < -0.3 is 14.6 Å². The molecule has 3 amide bonds. The fourth-order valence-electron chi connectivity index (χ4n) is 4.95. The van der Waals surface area contributed by atoms with Crippen LogP contribution in [-0.4, -0.2) is 40.3 Å². The summed E-state index contributed by atoms with van der Waals surface area (Å²) >= 11 is 0. The summed E-state index contributed by atoms with van der Waals surface area (Å²) in [6.45, 7) is 5.83. The molecule has 2 aliphatic heterocycles. The van der Waals surface area contributed by atoms with Crippen molar-refractivity contribution in [2.45, 2.75) is 32.7 Å². The van der Waals surface area contributed by atoms with Gasteiger partial charge in [-0.1, -0.05) is 30.3 Å². The highest BCUT2D eigenvalue weighted by molar-refractivity contribution is 6.12. The summed E-state index contributed by atoms with van der Waals surface area (Å²) in [6, 6.07) is 16.5. The van der Waals surface area contributed by atoms with E-state index >= 15 is 0 Å². The quantitative estimate of drug-likeness (QED) is 0.491. The first-order valence-corrected chi connectivity index (χ1v) is 11.0. The van der Waals surface area contributed by atoms with Crippen LogP contribution in [0.5, 0.6) is 5.75 Å². The van der Waals surface area contributed by atoms with E-state index in [9.17, 15) is 14.4 Å². The molecule has 33 heavy (non-hydrogen) atoms. The van der Waals surface area contributed by atoms with Crippen molar-refractivity contribution in [1.29, 1.82) is 0 Å². The number of hydrogen-bond acceptors (Lipinski definition) is 4. The van der Waals surface area contributed by atoms with Crippen LogP contribution in [0.25, 0.3) is 5.69 Å². The average molecular weight is 444 g/mol. The lowest BCUT2D eigenvalue weighted by Gasteiger charge is -2.33. The molecule has 1 aromatic heterocycles. The highest BCUT2D eigenvalue weighted by Gasteiger charge is 2.55. The topological polar surface area (TPSA) is 80.6 Å². The van der Waals surface area contributed by atoms with E-state index in [4.69, 9.17) is 4.74 Å². The zero-order valence-corrected chi connectivity index (χ0v) is 18.8. The number of nitrogens with zero attached hydrogens (tertiary/aromatic N) is 2. The first-order valence-electron chi connectivity index (χ1n) is 11.0. The Morgan fingerprint density at radius 2 is 1.85 bits per heavy atom. The molecule has 5 rings (SSSR count). The zero-order valence-electron chi connectivity index (χ0n) is 18.8. The van der Waals surface area contributed by atoms with Crippen LogP contribution >= 0.6 is 0 Å². The Hall–Kier alpha value is -3.87. The van der Waals surface area contributed by atoms with E-state index in [1.165, 1.54) is 0 Å². The molecule has 168 valence electrons. The Labute approximate surface area is 192 Å². The standard InChI is InChI=1S/C26H25N3O4/c1-16-7-6-8-19(13-16)29-17(2)14-20(18(29)3)22(30)15-28-24(31)26(27-25(28)32)11-12-33-23-10-5-4-9-21(23)26/h4-10,13-14H,11-12,15H2,1-3H3,(H,27,32). The Bertz CT molecular complexity index is 1310. The number of para-hydroxylation sites is 1. The van der Waals surface area contributed by atoms with Crippen molar-refractivity contribution in [3.05, 3.63) is 82.7 Å². The van der Waals surface area contributed by atoms with Crippen LogP contribution < -0.4 is 10.1 Å². The minimum absolute atomic E-state index is 0.275. The molecular weight excluding hydrogens is 418 g/mol. The summed E-state index contributed by atoms with van der Waals surface area (Å²) in [5.74, 6) is -0.112. The predicted molar refractivity (Wildman–Crippen MR) is 123 cm³/mol. The number of amides is 3. The Kier molecular flexibility index (Phi) is 4.85. The van der Waals surface area contributed by atoms with E-state index in [1.54, 1.807) is 12.1 Å². The van der Waals surface area contributed by atoms with Crippen molar-refractivity contribution in [1.82, 2.24) is 14.8 Å². The summed E-state index contributed by atoms with van der Waals surface area (Å²) in [7, 11) is 0. The molecule has 2 aliphatic rings. The number of carbonyl (C=O) groups excluding carboxylic acids is 3. The lowest BCUT2D eigenvalue weighted by molar-refractivity contribution is -0.132. The largest absolute Gasteiger partial charge is 0.493 e. The monoisotopic (exact) mass is 443 g/mol. The Morgan fingerprint density at radius 1 is 1.06 bits per heavy atom. The van der Waals surface area contributed by atoms with Gasteiger partial charge in [-0.15, -0.1) is 0 Å². The van der Waals surface area contributed by atoms with E-state index in [0.717, 1.165) is 27.5 Å². The van der Waals surface area contributed by atoms with Gasteiger partial charge in [0, 0.05) is 34.6 Å². The number of benzene rings is 2. The number of aromatic nitrogens is 1. The molecule has 1 fully saturated rings. The summed E-state index contributed by atoms with van der Waals surface area (Å²) < 4.78 is 7.69. The second-order valence-corrected chi connectivity index (χ2v) is 8.70. The highest BCUT2D eigenvalue weighted by Crippen LogP contribution is 2.41. The van der Waals surface area contributed by atoms with Crippen LogP contribution in [0.15, 0.2) is 54.6 Å². The fourth-order valence-corrected chi connectivity index (χ4v) is 4.95. The molecule has 1 N–H and O–H groups in total. The molecule has 1 unspecified atom stereocenters. The molecule has 1 spiro atoms. The van der Waals surface area contributed by atoms with Gasteiger partial charge in [0.2, 0.25) is 0 Å². The number of urea groups is 1. The molecule has 0 radical (unpaired) electrons. The predicted octanol–water partition coefficient (Wildman–Crippen LogP) is 3.82. The number of nitrogens with one attached hydrogen (secondary N) is 1. The first kappa shape index (κ1) is 21.0. The summed E-state index contributed by atoms with van der Waals surface area (Å²) in [4.78, 5) is 40.6. The molecule has 7 nitrogen and oxygen atoms in total. The summed E-state index contributed by atoms with van der Waals surface area (Å²) in [5, 5.41) is 2.85. The second-order valence-electron chi connectivity index (χ2n) is 8.70. The van der Waals surface area contributed by atoms with E-state index in [2.05, 4.69) is 11.4 Å². The van der Waals surface area contributed by atoms with Crippen molar-refractivity contribution in [3.8, 4) is 11.4 Å². The molecule has 1 atom stereocenters. The minimum atomic E-state index is -1.19. The van der Waals surface area contributed by atoms with Crippen LogP contribution in [0.2, 0.25) is 0 Å². The summed E-state index contributed by atoms with van der Waals surface area (Å²) in [5.41, 5.74) is 3.72. The van der Waals surface area contributed by atoms with E-state index in [1.807, 2.05) is 61.7 Å². The molecule has 7 heteroatoms. The lowest BCUT2D eigenvalue weighted by atomic mass is 9.84. The van der Waals surface area contributed by atoms with Crippen LogP contribution in [-0.2, 0) is 10.3 Å². The fraction of sp³-hybridized carbons (Fsp3) is 0.269. The third-order valence-electron chi connectivity index (χ3n) is 6.55. The number of ketones is 1. The number of imide groups is 1. The summed E-state index contributed by atoms with van der Waals surface area (Å²) in [6.07, 6.45) is 0.321. The SMILES string of the molecule is Cc1cccc(-n2c(C)cc(C(=O)CN3C(=O)NC4(CCOc5ccccc54)C3=O)c2C)c1. The van der Waals surface area contributed by atoms with Gasteiger partial charge in [-0.3, -0.25) is 14.5 Å². The molecule has 1 saturated heterocycles. The molecule has 2 aromatic carbocycles. The highest BCUT2D eigenvalue weighted by atomic mass is 16.5.